The smallest absolute Gasteiger partial charge is 0.241 e. The van der Waals surface area contributed by atoms with E-state index in [1.54, 1.807) is 18.0 Å². The van der Waals surface area contributed by atoms with Crippen LogP contribution in [0, 0.1) is 0 Å². The summed E-state index contributed by atoms with van der Waals surface area (Å²) in [6.07, 6.45) is 2.51. The molecule has 1 aliphatic heterocycles. The second-order valence-electron chi connectivity index (χ2n) is 7.87. The molecule has 2 atom stereocenters. The van der Waals surface area contributed by atoms with Gasteiger partial charge in [-0.15, -0.1) is 11.8 Å². The van der Waals surface area contributed by atoms with E-state index in [1.807, 2.05) is 102 Å². The van der Waals surface area contributed by atoms with Gasteiger partial charge in [0.2, 0.25) is 5.91 Å². The van der Waals surface area contributed by atoms with Gasteiger partial charge >= 0.3 is 0 Å². The van der Waals surface area contributed by atoms with Crippen LogP contribution in [0.3, 0.4) is 0 Å². The number of benzene rings is 3. The molecule has 5 heteroatoms. The van der Waals surface area contributed by atoms with Gasteiger partial charge in [0.05, 0.1) is 0 Å². The highest BCUT2D eigenvalue weighted by atomic mass is 32.2. The van der Waals surface area contributed by atoms with Crippen LogP contribution in [0.25, 0.3) is 0 Å². The molecule has 4 aromatic rings. The van der Waals surface area contributed by atoms with Crippen molar-refractivity contribution in [3.8, 4) is 11.5 Å². The molecule has 2 heterocycles. The van der Waals surface area contributed by atoms with Gasteiger partial charge in [0.1, 0.15) is 22.1 Å². The first-order chi connectivity index (χ1) is 16.3. The van der Waals surface area contributed by atoms with Gasteiger partial charge in [-0.2, -0.15) is 0 Å². The lowest BCUT2D eigenvalue weighted by molar-refractivity contribution is -0.130. The summed E-state index contributed by atoms with van der Waals surface area (Å²) < 4.78 is 6.06. The number of hydrogen-bond donors (Lipinski definition) is 0. The molecule has 1 aliphatic rings. The molecular weight excluding hydrogens is 428 g/mol. The molecule has 0 N–H and O–H groups in total. The number of aromatic nitrogens is 1. The summed E-state index contributed by atoms with van der Waals surface area (Å²) in [5.74, 6) is 1.69. The number of amides is 1. The highest BCUT2D eigenvalue weighted by Gasteiger charge is 2.41. The van der Waals surface area contributed by atoms with Crippen LogP contribution in [0.5, 0.6) is 11.5 Å². The number of rotatable bonds is 7. The van der Waals surface area contributed by atoms with Crippen LogP contribution in [-0.2, 0) is 11.2 Å². The van der Waals surface area contributed by atoms with E-state index in [0.717, 1.165) is 28.3 Å². The largest absolute Gasteiger partial charge is 0.457 e. The lowest BCUT2D eigenvalue weighted by Crippen LogP contribution is -2.31. The molecule has 4 nitrogen and oxygen atoms in total. The molecule has 33 heavy (non-hydrogen) atoms. The molecule has 1 saturated heterocycles. The van der Waals surface area contributed by atoms with Gasteiger partial charge in [-0.05, 0) is 47.5 Å². The fourth-order valence-electron chi connectivity index (χ4n) is 4.00. The van der Waals surface area contributed by atoms with E-state index >= 15 is 0 Å². The summed E-state index contributed by atoms with van der Waals surface area (Å²) in [4.78, 5) is 20.0. The molecule has 0 bridgehead atoms. The zero-order chi connectivity index (χ0) is 22.5. The van der Waals surface area contributed by atoms with Crippen molar-refractivity contribution in [1.29, 1.82) is 0 Å². The maximum atomic E-state index is 13.5. The van der Waals surface area contributed by atoms with Gasteiger partial charge in [0, 0.05) is 24.9 Å². The van der Waals surface area contributed by atoms with Crippen molar-refractivity contribution in [2.24, 2.45) is 0 Å². The SMILES string of the molecule is O=C1[C@@H](c2ccccc2)S[C@H](c2cccc(Oc3ccccc3)c2)N1CCc1ccccn1. The maximum absolute atomic E-state index is 13.5. The molecule has 1 amide bonds. The fraction of sp³-hybridized carbons (Fsp3) is 0.143. The average Bonchev–Trinajstić information content (AvgIpc) is 3.21. The van der Waals surface area contributed by atoms with Gasteiger partial charge in [0.25, 0.3) is 0 Å². The van der Waals surface area contributed by atoms with E-state index in [-0.39, 0.29) is 16.5 Å². The summed E-state index contributed by atoms with van der Waals surface area (Å²) in [6.45, 7) is 0.612. The Morgan fingerprint density at radius 3 is 2.24 bits per heavy atom. The lowest BCUT2D eigenvalue weighted by atomic mass is 10.1. The number of carbonyl (C=O) groups excluding carboxylic acids is 1. The summed E-state index contributed by atoms with van der Waals surface area (Å²) in [5, 5.41) is -0.315. The number of nitrogens with zero attached hydrogens (tertiary/aromatic N) is 2. The van der Waals surface area contributed by atoms with E-state index in [0.29, 0.717) is 13.0 Å². The number of hydrogen-bond acceptors (Lipinski definition) is 4. The van der Waals surface area contributed by atoms with E-state index < -0.39 is 0 Å². The molecule has 0 unspecified atom stereocenters. The highest BCUT2D eigenvalue weighted by molar-refractivity contribution is 8.00. The number of thioether (sulfide) groups is 1. The Morgan fingerprint density at radius 1 is 0.788 bits per heavy atom. The third kappa shape index (κ3) is 4.94. The number of pyridine rings is 1. The first kappa shape index (κ1) is 21.3. The van der Waals surface area contributed by atoms with Gasteiger partial charge < -0.3 is 9.64 Å². The number of para-hydroxylation sites is 1. The standard InChI is InChI=1S/C28H24N2O2S/c31-27-26(21-10-3-1-4-11-21)33-28(30(27)19-17-23-13-7-8-18-29-23)22-12-9-16-25(20-22)32-24-14-5-2-6-15-24/h1-16,18,20,26,28H,17,19H2/t26-,28-/m1/s1. The predicted molar refractivity (Wildman–Crippen MR) is 132 cm³/mol. The topological polar surface area (TPSA) is 42.4 Å². The average molecular weight is 453 g/mol. The molecule has 0 saturated carbocycles. The van der Waals surface area contributed by atoms with Gasteiger partial charge in [0.15, 0.2) is 0 Å². The Morgan fingerprint density at radius 2 is 1.48 bits per heavy atom. The van der Waals surface area contributed by atoms with E-state index in [4.69, 9.17) is 4.74 Å². The molecule has 5 rings (SSSR count). The van der Waals surface area contributed by atoms with Crippen LogP contribution in [0.2, 0.25) is 0 Å². The molecule has 1 fully saturated rings. The van der Waals surface area contributed by atoms with Crippen molar-refractivity contribution in [1.82, 2.24) is 9.88 Å². The quantitative estimate of drug-likeness (QED) is 0.324. The first-order valence-electron chi connectivity index (χ1n) is 11.0. The zero-order valence-corrected chi connectivity index (χ0v) is 18.9. The molecule has 0 aliphatic carbocycles. The summed E-state index contributed by atoms with van der Waals surface area (Å²) in [6, 6.07) is 33.7. The van der Waals surface area contributed by atoms with E-state index in [9.17, 15) is 4.79 Å². The van der Waals surface area contributed by atoms with Crippen LogP contribution in [-0.4, -0.2) is 22.3 Å². The van der Waals surface area contributed by atoms with Crippen LogP contribution in [0.1, 0.15) is 27.4 Å². The van der Waals surface area contributed by atoms with Crippen LogP contribution in [0.4, 0.5) is 0 Å². The first-order valence-corrected chi connectivity index (χ1v) is 12.0. The Balaban J connectivity index is 1.42. The normalized spacial score (nSPS) is 17.8. The minimum absolute atomic E-state index is 0.0919. The second-order valence-corrected chi connectivity index (χ2v) is 9.06. The van der Waals surface area contributed by atoms with Crippen molar-refractivity contribution < 1.29 is 9.53 Å². The Bertz CT molecular complexity index is 1200. The Kier molecular flexibility index (Phi) is 6.40. The zero-order valence-electron chi connectivity index (χ0n) is 18.1. The molecular formula is C28H24N2O2S. The summed E-state index contributed by atoms with van der Waals surface area (Å²) >= 11 is 1.68. The van der Waals surface area contributed by atoms with Crippen LogP contribution >= 0.6 is 11.8 Å². The van der Waals surface area contributed by atoms with E-state index in [2.05, 4.69) is 11.1 Å². The Hall–Kier alpha value is -3.57. The maximum Gasteiger partial charge on any atom is 0.241 e. The minimum atomic E-state index is -0.223. The van der Waals surface area contributed by atoms with Crippen LogP contribution in [0.15, 0.2) is 109 Å². The summed E-state index contributed by atoms with van der Waals surface area (Å²) in [5.41, 5.74) is 3.08. The summed E-state index contributed by atoms with van der Waals surface area (Å²) in [7, 11) is 0. The number of carbonyl (C=O) groups is 1. The molecule has 3 aromatic carbocycles. The van der Waals surface area contributed by atoms with Crippen molar-refractivity contribution >= 4 is 17.7 Å². The van der Waals surface area contributed by atoms with E-state index in [1.165, 1.54) is 0 Å². The third-order valence-corrected chi connectivity index (χ3v) is 7.15. The lowest BCUT2D eigenvalue weighted by Gasteiger charge is -2.24. The monoisotopic (exact) mass is 452 g/mol. The van der Waals surface area contributed by atoms with Gasteiger partial charge in [-0.3, -0.25) is 9.78 Å². The van der Waals surface area contributed by atoms with Crippen molar-refractivity contribution in [3.05, 3.63) is 126 Å². The van der Waals surface area contributed by atoms with Crippen molar-refractivity contribution in [2.75, 3.05) is 6.54 Å². The van der Waals surface area contributed by atoms with Crippen molar-refractivity contribution in [2.45, 2.75) is 17.0 Å². The Labute approximate surface area is 198 Å². The minimum Gasteiger partial charge on any atom is -0.457 e. The third-order valence-electron chi connectivity index (χ3n) is 5.61. The van der Waals surface area contributed by atoms with Crippen LogP contribution < -0.4 is 4.74 Å². The number of ether oxygens (including phenoxy) is 1. The fourth-order valence-corrected chi connectivity index (χ4v) is 5.48. The molecule has 1 aromatic heterocycles. The van der Waals surface area contributed by atoms with Gasteiger partial charge in [-0.1, -0.05) is 66.7 Å². The molecule has 0 spiro atoms. The van der Waals surface area contributed by atoms with Gasteiger partial charge in [-0.25, -0.2) is 0 Å². The highest BCUT2D eigenvalue weighted by Crippen LogP contribution is 2.51. The predicted octanol–water partition coefficient (Wildman–Crippen LogP) is 6.43. The molecule has 0 radical (unpaired) electrons. The molecule has 164 valence electrons. The van der Waals surface area contributed by atoms with Crippen molar-refractivity contribution in [3.63, 3.8) is 0 Å². The second kappa shape index (κ2) is 9.92.